The molecule has 0 bridgehead atoms. The maximum Gasteiger partial charge on any atom is 0.341 e. The number of hydrogen-bond donors (Lipinski definition) is 2. The zero-order valence-electron chi connectivity index (χ0n) is 17.5. The summed E-state index contributed by atoms with van der Waals surface area (Å²) >= 11 is 8.07. The van der Waals surface area contributed by atoms with Gasteiger partial charge in [-0.1, -0.05) is 17.7 Å². The number of carbonyl (C=O) groups excluding carboxylic acids is 3. The summed E-state index contributed by atoms with van der Waals surface area (Å²) in [5.41, 5.74) is 1.12. The highest BCUT2D eigenvalue weighted by Gasteiger charge is 2.37. The number of aliphatic carboxylic acids is 1. The maximum atomic E-state index is 13.1. The number of nitrogens with zero attached hydrogens (tertiary/aromatic N) is 1. The van der Waals surface area contributed by atoms with Gasteiger partial charge in [0.2, 0.25) is 0 Å². The maximum absolute atomic E-state index is 13.1. The Bertz CT molecular complexity index is 1200. The van der Waals surface area contributed by atoms with Crippen LogP contribution in [0.25, 0.3) is 6.08 Å². The molecule has 0 saturated carbocycles. The highest BCUT2D eigenvalue weighted by atomic mass is 127. The van der Waals surface area contributed by atoms with E-state index < -0.39 is 30.4 Å². The van der Waals surface area contributed by atoms with Gasteiger partial charge in [0.25, 0.3) is 11.8 Å². The molecule has 2 N–H and O–H groups in total. The van der Waals surface area contributed by atoms with Gasteiger partial charge in [-0.2, -0.15) is 0 Å². The first kappa shape index (κ1) is 24.5. The second-order valence-corrected chi connectivity index (χ2v) is 8.41. The Hall–Kier alpha value is -3.12. The zero-order chi connectivity index (χ0) is 24.3. The van der Waals surface area contributed by atoms with Crippen LogP contribution >= 0.6 is 34.2 Å². The van der Waals surface area contributed by atoms with Crippen LogP contribution < -0.4 is 19.7 Å². The second-order valence-electron chi connectivity index (χ2n) is 6.84. The molecule has 0 aromatic heterocycles. The Kier molecular flexibility index (Phi) is 7.59. The van der Waals surface area contributed by atoms with E-state index in [-0.39, 0.29) is 29.4 Å². The minimum Gasteiger partial charge on any atom is -0.490 e. The lowest BCUT2D eigenvalue weighted by Crippen LogP contribution is -2.54. The molecule has 0 unspecified atom stereocenters. The van der Waals surface area contributed by atoms with Crippen molar-refractivity contribution in [2.75, 3.05) is 18.1 Å². The average Bonchev–Trinajstić information content (AvgIpc) is 2.73. The molecule has 1 aliphatic heterocycles. The van der Waals surface area contributed by atoms with Crippen LogP contribution in [0.3, 0.4) is 0 Å². The molecule has 4 amide bonds. The molecule has 1 heterocycles. The van der Waals surface area contributed by atoms with Gasteiger partial charge in [-0.25, -0.2) is 14.5 Å². The van der Waals surface area contributed by atoms with Crippen molar-refractivity contribution in [3.8, 4) is 11.5 Å². The lowest BCUT2D eigenvalue weighted by molar-refractivity contribution is -0.139. The third kappa shape index (κ3) is 5.45. The fourth-order valence-electron chi connectivity index (χ4n) is 2.99. The largest absolute Gasteiger partial charge is 0.490 e. The van der Waals surface area contributed by atoms with Gasteiger partial charge in [0.1, 0.15) is 5.57 Å². The number of nitrogens with one attached hydrogen (secondary N) is 1. The molecule has 172 valence electrons. The van der Waals surface area contributed by atoms with E-state index >= 15 is 0 Å². The third-order valence-electron chi connectivity index (χ3n) is 4.50. The first-order valence-electron chi connectivity index (χ1n) is 9.61. The van der Waals surface area contributed by atoms with Crippen molar-refractivity contribution in [2.24, 2.45) is 0 Å². The molecule has 2 aromatic rings. The van der Waals surface area contributed by atoms with Gasteiger partial charge in [-0.05, 0) is 77.9 Å². The van der Waals surface area contributed by atoms with Crippen LogP contribution in [0.2, 0.25) is 5.02 Å². The molecule has 3 rings (SSSR count). The van der Waals surface area contributed by atoms with Gasteiger partial charge in [-0.15, -0.1) is 0 Å². The predicted octanol–water partition coefficient (Wildman–Crippen LogP) is 3.78. The highest BCUT2D eigenvalue weighted by molar-refractivity contribution is 14.1. The van der Waals surface area contributed by atoms with Gasteiger partial charge in [0, 0.05) is 5.02 Å². The number of benzene rings is 2. The smallest absolute Gasteiger partial charge is 0.341 e. The number of rotatable bonds is 7. The van der Waals surface area contributed by atoms with Crippen LogP contribution in [0.1, 0.15) is 18.1 Å². The zero-order valence-corrected chi connectivity index (χ0v) is 20.4. The molecule has 1 fully saturated rings. The van der Waals surface area contributed by atoms with Crippen LogP contribution in [0.15, 0.2) is 35.9 Å². The molecular formula is C22H18ClIN2O7. The van der Waals surface area contributed by atoms with E-state index in [9.17, 15) is 19.2 Å². The Labute approximate surface area is 207 Å². The monoisotopic (exact) mass is 584 g/mol. The minimum atomic E-state index is -1.15. The Morgan fingerprint density at radius 3 is 2.58 bits per heavy atom. The lowest BCUT2D eigenvalue weighted by Gasteiger charge is -2.26. The van der Waals surface area contributed by atoms with E-state index in [2.05, 4.69) is 5.32 Å². The molecular weight excluding hydrogens is 567 g/mol. The topological polar surface area (TPSA) is 122 Å². The van der Waals surface area contributed by atoms with E-state index in [0.717, 1.165) is 10.5 Å². The Morgan fingerprint density at radius 2 is 1.94 bits per heavy atom. The summed E-state index contributed by atoms with van der Waals surface area (Å²) in [6.07, 6.45) is 1.32. The Balaban J connectivity index is 2.02. The number of ether oxygens (including phenoxy) is 2. The molecule has 0 atom stereocenters. The van der Waals surface area contributed by atoms with Gasteiger partial charge in [0.05, 0.1) is 15.9 Å². The van der Waals surface area contributed by atoms with Crippen molar-refractivity contribution < 1.29 is 33.8 Å². The molecule has 0 radical (unpaired) electrons. The number of hydrogen-bond acceptors (Lipinski definition) is 6. The number of anilines is 1. The van der Waals surface area contributed by atoms with Crippen molar-refractivity contribution in [1.82, 2.24) is 5.32 Å². The molecule has 11 heteroatoms. The molecule has 2 aromatic carbocycles. The van der Waals surface area contributed by atoms with E-state index in [0.29, 0.717) is 14.2 Å². The van der Waals surface area contributed by atoms with Gasteiger partial charge in [0.15, 0.2) is 18.1 Å². The first-order valence-corrected chi connectivity index (χ1v) is 11.1. The summed E-state index contributed by atoms with van der Waals surface area (Å²) in [5.74, 6) is -2.33. The first-order chi connectivity index (χ1) is 15.6. The SMILES string of the molecule is CCOc1cc(/C=C2/C(=O)NC(=O)N(c3ccc(C)c(Cl)c3)C2=O)cc(I)c1OCC(=O)O. The highest BCUT2D eigenvalue weighted by Crippen LogP contribution is 2.35. The minimum absolute atomic E-state index is 0.216. The number of amides is 4. The fourth-order valence-corrected chi connectivity index (χ4v) is 3.94. The molecule has 9 nitrogen and oxygen atoms in total. The van der Waals surface area contributed by atoms with Crippen molar-refractivity contribution in [2.45, 2.75) is 13.8 Å². The lowest BCUT2D eigenvalue weighted by atomic mass is 10.1. The molecule has 33 heavy (non-hydrogen) atoms. The number of carboxylic acids is 1. The van der Waals surface area contributed by atoms with Crippen LogP contribution in [0, 0.1) is 10.5 Å². The summed E-state index contributed by atoms with van der Waals surface area (Å²) in [6.45, 7) is 3.23. The standard InChI is InChI=1S/C22H18ClIN2O7/c1-3-32-17-8-12(7-16(24)19(17)33-10-18(27)28)6-14-20(29)25-22(31)26(21(14)30)13-5-4-11(2)15(23)9-13/h4-9H,3,10H2,1-2H3,(H,27,28)(H,25,29,31)/b14-6-. The number of carboxylic acid groups (broad SMARTS) is 1. The summed E-state index contributed by atoms with van der Waals surface area (Å²) in [7, 11) is 0. The number of imide groups is 2. The number of barbiturate groups is 1. The predicted molar refractivity (Wildman–Crippen MR) is 129 cm³/mol. The molecule has 0 spiro atoms. The normalized spacial score (nSPS) is 15.0. The molecule has 0 aliphatic carbocycles. The van der Waals surface area contributed by atoms with Gasteiger partial charge < -0.3 is 14.6 Å². The third-order valence-corrected chi connectivity index (χ3v) is 5.71. The summed E-state index contributed by atoms with van der Waals surface area (Å²) in [6, 6.07) is 6.90. The number of halogens is 2. The van der Waals surface area contributed by atoms with Gasteiger partial charge in [-0.3, -0.25) is 14.9 Å². The van der Waals surface area contributed by atoms with E-state index in [1.165, 1.54) is 18.2 Å². The second kappa shape index (κ2) is 10.2. The molecule has 1 aliphatic rings. The van der Waals surface area contributed by atoms with Crippen molar-refractivity contribution in [1.29, 1.82) is 0 Å². The van der Waals surface area contributed by atoms with Crippen molar-refractivity contribution in [3.05, 3.63) is 55.6 Å². The van der Waals surface area contributed by atoms with Crippen LogP contribution in [-0.4, -0.2) is 42.1 Å². The molecule has 1 saturated heterocycles. The summed E-state index contributed by atoms with van der Waals surface area (Å²) in [5, 5.41) is 11.4. The van der Waals surface area contributed by atoms with E-state index in [1.54, 1.807) is 32.0 Å². The quantitative estimate of drug-likeness (QED) is 0.289. The van der Waals surface area contributed by atoms with Crippen LogP contribution in [0.4, 0.5) is 10.5 Å². The van der Waals surface area contributed by atoms with E-state index in [4.69, 9.17) is 26.2 Å². The summed E-state index contributed by atoms with van der Waals surface area (Å²) in [4.78, 5) is 49.6. The number of carbonyl (C=O) groups is 4. The number of aryl methyl sites for hydroxylation is 1. The summed E-state index contributed by atoms with van der Waals surface area (Å²) < 4.78 is 11.4. The van der Waals surface area contributed by atoms with Crippen molar-refractivity contribution in [3.63, 3.8) is 0 Å². The van der Waals surface area contributed by atoms with E-state index in [1.807, 2.05) is 22.6 Å². The fraction of sp³-hybridized carbons (Fsp3) is 0.182. The number of urea groups is 1. The van der Waals surface area contributed by atoms with Crippen LogP contribution in [-0.2, 0) is 14.4 Å². The Morgan fingerprint density at radius 1 is 1.21 bits per heavy atom. The average molecular weight is 585 g/mol. The van der Waals surface area contributed by atoms with Crippen molar-refractivity contribution >= 4 is 69.8 Å². The van der Waals surface area contributed by atoms with Gasteiger partial charge >= 0.3 is 12.0 Å². The van der Waals surface area contributed by atoms with Crippen LogP contribution in [0.5, 0.6) is 11.5 Å².